The molecule has 0 spiro atoms. The van der Waals surface area contributed by atoms with Gasteiger partial charge < -0.3 is 15.4 Å². The molecule has 0 radical (unpaired) electrons. The van der Waals surface area contributed by atoms with Crippen molar-refractivity contribution in [2.75, 3.05) is 18.4 Å². The van der Waals surface area contributed by atoms with Crippen molar-refractivity contribution in [2.45, 2.75) is 38.8 Å². The summed E-state index contributed by atoms with van der Waals surface area (Å²) in [4.78, 5) is 26.5. The molecular weight excluding hydrogens is 515 g/mol. The quantitative estimate of drug-likeness (QED) is 0.126. The van der Waals surface area contributed by atoms with E-state index in [4.69, 9.17) is 4.74 Å². The van der Waals surface area contributed by atoms with Crippen LogP contribution in [0.3, 0.4) is 0 Å². The minimum Gasteiger partial charge on any atom is -0.459 e. The number of esters is 1. The van der Waals surface area contributed by atoms with Gasteiger partial charge in [-0.25, -0.2) is 9.18 Å². The van der Waals surface area contributed by atoms with Crippen LogP contribution in [0.2, 0.25) is 0 Å². The van der Waals surface area contributed by atoms with Gasteiger partial charge in [0.15, 0.2) is 11.8 Å². The lowest BCUT2D eigenvalue weighted by Gasteiger charge is -2.28. The van der Waals surface area contributed by atoms with Crippen LogP contribution in [0.5, 0.6) is 0 Å². The molecular formula is C35H37FN2O3. The molecule has 2 N–H and O–H groups in total. The highest BCUT2D eigenvalue weighted by molar-refractivity contribution is 5.98. The van der Waals surface area contributed by atoms with Gasteiger partial charge in [-0.05, 0) is 59.7 Å². The molecule has 41 heavy (non-hydrogen) atoms. The Morgan fingerprint density at radius 2 is 1.32 bits per heavy atom. The van der Waals surface area contributed by atoms with Crippen molar-refractivity contribution in [3.63, 3.8) is 0 Å². The van der Waals surface area contributed by atoms with Gasteiger partial charge in [-0.15, -0.1) is 0 Å². The summed E-state index contributed by atoms with van der Waals surface area (Å²) >= 11 is 0. The maximum Gasteiger partial charge on any atom is 0.333 e. The monoisotopic (exact) mass is 552 g/mol. The summed E-state index contributed by atoms with van der Waals surface area (Å²) in [7, 11) is 0. The van der Waals surface area contributed by atoms with Crippen molar-refractivity contribution in [3.8, 4) is 11.1 Å². The number of benzene rings is 4. The van der Waals surface area contributed by atoms with Crippen LogP contribution in [0, 0.1) is 11.7 Å². The minimum absolute atomic E-state index is 0.0572. The Hall–Kier alpha value is -4.29. The summed E-state index contributed by atoms with van der Waals surface area (Å²) in [5.74, 6) is -0.559. The molecule has 2 atom stereocenters. The maximum atomic E-state index is 13.6. The first kappa shape index (κ1) is 29.7. The van der Waals surface area contributed by atoms with E-state index < -0.39 is 12.1 Å². The third kappa shape index (κ3) is 8.35. The second-order valence-corrected chi connectivity index (χ2v) is 10.0. The van der Waals surface area contributed by atoms with Gasteiger partial charge >= 0.3 is 5.97 Å². The van der Waals surface area contributed by atoms with Gasteiger partial charge in [0, 0.05) is 17.8 Å². The molecule has 0 amide bonds. The SMILES string of the molecule is CCC(CC)[C@H](CNCC(=O)c1ccc(-c2ccc(F)cc2)cc1)OC(=O)[C@H](Nc1ccccc1)c1ccccc1. The number of rotatable bonds is 14. The fraction of sp³-hybridized carbons (Fsp3) is 0.257. The fourth-order valence-electron chi connectivity index (χ4n) is 4.88. The third-order valence-electron chi connectivity index (χ3n) is 7.31. The van der Waals surface area contributed by atoms with Crippen molar-refractivity contribution in [1.82, 2.24) is 5.32 Å². The molecule has 0 fully saturated rings. The van der Waals surface area contributed by atoms with Gasteiger partial charge in [0.25, 0.3) is 0 Å². The summed E-state index contributed by atoms with van der Waals surface area (Å²) in [6.07, 6.45) is 1.29. The summed E-state index contributed by atoms with van der Waals surface area (Å²) in [5, 5.41) is 6.55. The molecule has 4 aromatic carbocycles. The molecule has 0 aliphatic carbocycles. The topological polar surface area (TPSA) is 67.4 Å². The number of carbonyl (C=O) groups excluding carboxylic acids is 2. The van der Waals surface area contributed by atoms with Gasteiger partial charge in [0.05, 0.1) is 6.54 Å². The highest BCUT2D eigenvalue weighted by Gasteiger charge is 2.28. The van der Waals surface area contributed by atoms with Crippen LogP contribution in [0.4, 0.5) is 10.1 Å². The Morgan fingerprint density at radius 1 is 0.756 bits per heavy atom. The molecule has 0 heterocycles. The first-order chi connectivity index (χ1) is 20.0. The lowest BCUT2D eigenvalue weighted by molar-refractivity contribution is -0.153. The molecule has 0 aliphatic heterocycles. The number of carbonyl (C=O) groups is 2. The van der Waals surface area contributed by atoms with Crippen molar-refractivity contribution >= 4 is 17.4 Å². The van der Waals surface area contributed by atoms with Crippen LogP contribution >= 0.6 is 0 Å². The maximum absolute atomic E-state index is 13.6. The van der Waals surface area contributed by atoms with E-state index in [2.05, 4.69) is 24.5 Å². The Bertz CT molecular complexity index is 1370. The Kier molecular flexibility index (Phi) is 10.8. The van der Waals surface area contributed by atoms with Crippen molar-refractivity contribution < 1.29 is 18.7 Å². The van der Waals surface area contributed by atoms with E-state index >= 15 is 0 Å². The number of nitrogens with one attached hydrogen (secondary N) is 2. The average molecular weight is 553 g/mol. The molecule has 0 aliphatic rings. The number of anilines is 1. The van der Waals surface area contributed by atoms with E-state index in [1.54, 1.807) is 24.3 Å². The molecule has 0 saturated heterocycles. The third-order valence-corrected chi connectivity index (χ3v) is 7.31. The molecule has 0 saturated carbocycles. The minimum atomic E-state index is -0.670. The number of hydrogen-bond acceptors (Lipinski definition) is 5. The van der Waals surface area contributed by atoms with Gasteiger partial charge in [0.2, 0.25) is 0 Å². The summed E-state index contributed by atoms with van der Waals surface area (Å²) in [6.45, 7) is 4.65. The number of ketones is 1. The molecule has 0 bridgehead atoms. The van der Waals surface area contributed by atoms with Crippen molar-refractivity contribution in [3.05, 3.63) is 126 Å². The van der Waals surface area contributed by atoms with E-state index in [9.17, 15) is 14.0 Å². The highest BCUT2D eigenvalue weighted by Crippen LogP contribution is 2.24. The van der Waals surface area contributed by atoms with Gasteiger partial charge in [-0.1, -0.05) is 98.8 Å². The van der Waals surface area contributed by atoms with E-state index in [0.29, 0.717) is 12.1 Å². The van der Waals surface area contributed by atoms with E-state index in [0.717, 1.165) is 35.2 Å². The number of Topliss-reactive ketones (excluding diaryl/α,β-unsaturated/α-hetero) is 1. The second kappa shape index (κ2) is 14.9. The molecule has 212 valence electrons. The molecule has 5 nitrogen and oxygen atoms in total. The summed E-state index contributed by atoms with van der Waals surface area (Å²) in [5.41, 5.74) is 4.01. The molecule has 0 aromatic heterocycles. The zero-order valence-corrected chi connectivity index (χ0v) is 23.6. The second-order valence-electron chi connectivity index (χ2n) is 10.0. The molecule has 6 heteroatoms. The van der Waals surface area contributed by atoms with Crippen LogP contribution in [-0.4, -0.2) is 30.9 Å². The Balaban J connectivity index is 1.40. The Morgan fingerprint density at radius 3 is 1.90 bits per heavy atom. The predicted octanol–water partition coefficient (Wildman–Crippen LogP) is 7.47. The molecule has 4 rings (SSSR count). The highest BCUT2D eigenvalue weighted by atomic mass is 19.1. The zero-order chi connectivity index (χ0) is 29.0. The largest absolute Gasteiger partial charge is 0.459 e. The number of ether oxygens (including phenoxy) is 1. The number of para-hydroxylation sites is 1. The van der Waals surface area contributed by atoms with Crippen LogP contribution in [0.15, 0.2) is 109 Å². The summed E-state index contributed by atoms with van der Waals surface area (Å²) < 4.78 is 19.4. The van der Waals surface area contributed by atoms with Crippen molar-refractivity contribution in [2.24, 2.45) is 5.92 Å². The van der Waals surface area contributed by atoms with Gasteiger partial charge in [-0.2, -0.15) is 0 Å². The van der Waals surface area contributed by atoms with Gasteiger partial charge in [-0.3, -0.25) is 4.79 Å². The first-order valence-electron chi connectivity index (χ1n) is 14.2. The van der Waals surface area contributed by atoms with Crippen molar-refractivity contribution in [1.29, 1.82) is 0 Å². The fourth-order valence-corrected chi connectivity index (χ4v) is 4.88. The van der Waals surface area contributed by atoms with Crippen LogP contribution in [-0.2, 0) is 9.53 Å². The van der Waals surface area contributed by atoms with Gasteiger partial charge in [0.1, 0.15) is 11.9 Å². The molecule has 0 unspecified atom stereocenters. The first-order valence-corrected chi connectivity index (χ1v) is 14.2. The zero-order valence-electron chi connectivity index (χ0n) is 23.6. The smallest absolute Gasteiger partial charge is 0.333 e. The predicted molar refractivity (Wildman–Crippen MR) is 162 cm³/mol. The van der Waals surface area contributed by atoms with Crippen LogP contribution < -0.4 is 10.6 Å². The number of halogens is 1. The van der Waals surface area contributed by atoms with Crippen LogP contribution in [0.1, 0.15) is 48.7 Å². The molecule has 4 aromatic rings. The summed E-state index contributed by atoms with van der Waals surface area (Å²) in [6, 6.07) is 32.0. The lowest BCUT2D eigenvalue weighted by atomic mass is 9.96. The van der Waals surface area contributed by atoms with E-state index in [-0.39, 0.29) is 30.0 Å². The van der Waals surface area contributed by atoms with Crippen LogP contribution in [0.25, 0.3) is 11.1 Å². The van der Waals surface area contributed by atoms with E-state index in [1.807, 2.05) is 72.8 Å². The average Bonchev–Trinajstić information content (AvgIpc) is 3.01. The lowest BCUT2D eigenvalue weighted by Crippen LogP contribution is -2.40. The number of hydrogen-bond donors (Lipinski definition) is 2. The Labute approximate surface area is 241 Å². The normalized spacial score (nSPS) is 12.5. The van der Waals surface area contributed by atoms with E-state index in [1.165, 1.54) is 12.1 Å². The standard InChI is InChI=1S/C35H37FN2O3/c1-3-25(4-2)33(41-35(40)34(29-11-7-5-8-12-29)38-31-13-9-6-10-14-31)24-37-23-32(39)28-17-15-26(16-18-28)27-19-21-30(36)22-20-27/h5-22,25,33-34,37-38H,3-4,23-24H2,1-2H3/t33-,34+/m0/s1.